The summed E-state index contributed by atoms with van der Waals surface area (Å²) in [7, 11) is 1.37. The lowest BCUT2D eigenvalue weighted by molar-refractivity contribution is -0.140. The summed E-state index contributed by atoms with van der Waals surface area (Å²) in [5.41, 5.74) is 0. The van der Waals surface area contributed by atoms with Gasteiger partial charge in [0.15, 0.2) is 0 Å². The summed E-state index contributed by atoms with van der Waals surface area (Å²) >= 11 is 11.9. The van der Waals surface area contributed by atoms with E-state index in [9.17, 15) is 4.79 Å². The van der Waals surface area contributed by atoms with Gasteiger partial charge < -0.3 is 4.74 Å². The van der Waals surface area contributed by atoms with Gasteiger partial charge in [-0.05, 0) is 19.3 Å². The molecule has 0 saturated carbocycles. The Morgan fingerprint density at radius 1 is 1.06 bits per heavy atom. The normalized spacial score (nSPS) is 14.4. The highest BCUT2D eigenvalue weighted by atomic mass is 35.5. The molecule has 2 nitrogen and oxygen atoms in total. The van der Waals surface area contributed by atoms with Gasteiger partial charge >= 0.3 is 5.97 Å². The summed E-state index contributed by atoms with van der Waals surface area (Å²) < 4.78 is 4.56. The molecule has 17 heavy (non-hydrogen) atoms. The number of unbranched alkanes of at least 4 members (excludes halogenated alkanes) is 4. The molecule has 0 aliphatic carbocycles. The molecular weight excluding hydrogens is 259 g/mol. The SMILES string of the molecule is CCC(Cl)CCCCCCCC(Cl)C(=O)OC. The van der Waals surface area contributed by atoms with Crippen LogP contribution in [-0.2, 0) is 9.53 Å². The third-order valence-electron chi connectivity index (χ3n) is 2.87. The topological polar surface area (TPSA) is 26.3 Å². The number of carbonyl (C=O) groups excluding carboxylic acids is 1. The fourth-order valence-electron chi connectivity index (χ4n) is 1.67. The van der Waals surface area contributed by atoms with Crippen molar-refractivity contribution in [2.75, 3.05) is 7.11 Å². The van der Waals surface area contributed by atoms with E-state index in [1.807, 2.05) is 0 Å². The van der Waals surface area contributed by atoms with E-state index in [1.54, 1.807) is 0 Å². The number of methoxy groups -OCH3 is 1. The Morgan fingerprint density at radius 2 is 1.59 bits per heavy atom. The smallest absolute Gasteiger partial charge is 0.323 e. The molecular formula is C13H24Cl2O2. The maximum Gasteiger partial charge on any atom is 0.323 e. The van der Waals surface area contributed by atoms with Gasteiger partial charge in [-0.15, -0.1) is 23.2 Å². The fourth-order valence-corrected chi connectivity index (χ4v) is 2.07. The van der Waals surface area contributed by atoms with Crippen LogP contribution in [0.5, 0.6) is 0 Å². The Bertz CT molecular complexity index is 198. The zero-order chi connectivity index (χ0) is 13.1. The lowest BCUT2D eigenvalue weighted by atomic mass is 10.1. The predicted molar refractivity (Wildman–Crippen MR) is 73.9 cm³/mol. The molecule has 0 spiro atoms. The van der Waals surface area contributed by atoms with Crippen LogP contribution in [0.15, 0.2) is 0 Å². The molecule has 0 amide bonds. The van der Waals surface area contributed by atoms with Gasteiger partial charge in [-0.2, -0.15) is 0 Å². The fraction of sp³-hybridized carbons (Fsp3) is 0.923. The Morgan fingerprint density at radius 3 is 2.12 bits per heavy atom. The molecule has 0 fully saturated rings. The highest BCUT2D eigenvalue weighted by molar-refractivity contribution is 6.29. The van der Waals surface area contributed by atoms with Gasteiger partial charge in [0.2, 0.25) is 0 Å². The zero-order valence-corrected chi connectivity index (χ0v) is 12.4. The highest BCUT2D eigenvalue weighted by Crippen LogP contribution is 2.15. The Balaban J connectivity index is 3.26. The van der Waals surface area contributed by atoms with E-state index in [4.69, 9.17) is 23.2 Å². The molecule has 0 aromatic carbocycles. The largest absolute Gasteiger partial charge is 0.468 e. The quantitative estimate of drug-likeness (QED) is 0.335. The van der Waals surface area contributed by atoms with Crippen LogP contribution in [0.1, 0.15) is 58.3 Å². The minimum atomic E-state index is -0.479. The van der Waals surface area contributed by atoms with Crippen LogP contribution < -0.4 is 0 Å². The monoisotopic (exact) mass is 282 g/mol. The van der Waals surface area contributed by atoms with E-state index in [2.05, 4.69) is 11.7 Å². The van der Waals surface area contributed by atoms with Crippen molar-refractivity contribution in [1.82, 2.24) is 0 Å². The summed E-state index contributed by atoms with van der Waals surface area (Å²) in [5.74, 6) is -0.320. The van der Waals surface area contributed by atoms with E-state index < -0.39 is 5.38 Å². The number of ether oxygens (including phenoxy) is 1. The lowest BCUT2D eigenvalue weighted by Crippen LogP contribution is -2.15. The first-order valence-corrected chi connectivity index (χ1v) is 7.35. The van der Waals surface area contributed by atoms with Gasteiger partial charge in [0.25, 0.3) is 0 Å². The second-order valence-electron chi connectivity index (χ2n) is 4.34. The maximum absolute atomic E-state index is 11.0. The van der Waals surface area contributed by atoms with Crippen LogP contribution in [0.25, 0.3) is 0 Å². The molecule has 0 aromatic heterocycles. The minimum absolute atomic E-state index is 0.320. The molecule has 0 N–H and O–H groups in total. The first-order chi connectivity index (χ1) is 8.11. The Labute approximate surface area is 115 Å². The molecule has 0 rings (SSSR count). The number of alkyl halides is 2. The number of esters is 1. The second kappa shape index (κ2) is 11.2. The van der Waals surface area contributed by atoms with Crippen molar-refractivity contribution in [2.24, 2.45) is 0 Å². The zero-order valence-electron chi connectivity index (χ0n) is 10.9. The maximum atomic E-state index is 11.0. The summed E-state index contributed by atoms with van der Waals surface area (Å²) in [6, 6.07) is 0. The number of halogens is 2. The summed E-state index contributed by atoms with van der Waals surface area (Å²) in [4.78, 5) is 11.0. The standard InChI is InChI=1S/C13H24Cl2O2/c1-3-11(14)9-7-5-4-6-8-10-12(15)13(16)17-2/h11-12H,3-10H2,1-2H3. The van der Waals surface area contributed by atoms with Gasteiger partial charge in [-0.1, -0.05) is 39.0 Å². The molecule has 102 valence electrons. The van der Waals surface area contributed by atoms with Gasteiger partial charge in [-0.3, -0.25) is 4.79 Å². The summed E-state index contributed by atoms with van der Waals surface area (Å²) in [5, 5.41) is -0.145. The van der Waals surface area contributed by atoms with E-state index in [0.717, 1.165) is 25.7 Å². The van der Waals surface area contributed by atoms with Crippen molar-refractivity contribution < 1.29 is 9.53 Å². The third-order valence-corrected chi connectivity index (χ3v) is 3.80. The lowest BCUT2D eigenvalue weighted by Gasteiger charge is -2.07. The van der Waals surface area contributed by atoms with Crippen LogP contribution in [0, 0.1) is 0 Å². The average molecular weight is 283 g/mol. The van der Waals surface area contributed by atoms with Crippen LogP contribution in [0.3, 0.4) is 0 Å². The van der Waals surface area contributed by atoms with Gasteiger partial charge in [0.1, 0.15) is 5.38 Å². The van der Waals surface area contributed by atoms with Crippen molar-refractivity contribution in [3.63, 3.8) is 0 Å². The van der Waals surface area contributed by atoms with Gasteiger partial charge in [-0.25, -0.2) is 0 Å². The molecule has 0 saturated heterocycles. The number of hydrogen-bond donors (Lipinski definition) is 0. The first kappa shape index (κ1) is 17.1. The van der Waals surface area contributed by atoms with Crippen molar-refractivity contribution in [3.8, 4) is 0 Å². The third kappa shape index (κ3) is 9.72. The molecule has 2 atom stereocenters. The van der Waals surface area contributed by atoms with Crippen LogP contribution >= 0.6 is 23.2 Å². The molecule has 0 bridgehead atoms. The second-order valence-corrected chi connectivity index (χ2v) is 5.49. The van der Waals surface area contributed by atoms with Gasteiger partial charge in [0.05, 0.1) is 7.11 Å². The molecule has 0 heterocycles. The van der Waals surface area contributed by atoms with Crippen molar-refractivity contribution in [1.29, 1.82) is 0 Å². The number of hydrogen-bond acceptors (Lipinski definition) is 2. The molecule has 0 aliphatic heterocycles. The Kier molecular flexibility index (Phi) is 11.2. The van der Waals surface area contributed by atoms with E-state index in [1.165, 1.54) is 26.4 Å². The summed E-state index contributed by atoms with van der Waals surface area (Å²) in [6.07, 6.45) is 8.59. The highest BCUT2D eigenvalue weighted by Gasteiger charge is 2.14. The van der Waals surface area contributed by atoms with E-state index >= 15 is 0 Å². The van der Waals surface area contributed by atoms with Crippen molar-refractivity contribution in [2.45, 2.75) is 69.0 Å². The Hall–Kier alpha value is 0.0500. The van der Waals surface area contributed by atoms with E-state index in [0.29, 0.717) is 11.8 Å². The van der Waals surface area contributed by atoms with Crippen molar-refractivity contribution in [3.05, 3.63) is 0 Å². The molecule has 0 aromatic rings. The summed E-state index contributed by atoms with van der Waals surface area (Å²) in [6.45, 7) is 2.12. The van der Waals surface area contributed by atoms with Crippen LogP contribution in [0.2, 0.25) is 0 Å². The predicted octanol–water partition coefficient (Wildman–Crippen LogP) is 4.51. The first-order valence-electron chi connectivity index (χ1n) is 6.47. The van der Waals surface area contributed by atoms with Crippen LogP contribution in [0.4, 0.5) is 0 Å². The van der Waals surface area contributed by atoms with E-state index in [-0.39, 0.29) is 5.97 Å². The van der Waals surface area contributed by atoms with Crippen molar-refractivity contribution >= 4 is 29.2 Å². The van der Waals surface area contributed by atoms with Gasteiger partial charge in [0, 0.05) is 5.38 Å². The molecule has 4 heteroatoms. The number of rotatable bonds is 10. The molecule has 0 radical (unpaired) electrons. The average Bonchev–Trinajstić information content (AvgIpc) is 2.35. The number of carbonyl (C=O) groups is 1. The molecule has 0 aliphatic rings. The minimum Gasteiger partial charge on any atom is -0.468 e. The van der Waals surface area contributed by atoms with Crippen LogP contribution in [-0.4, -0.2) is 23.8 Å². The molecule has 2 unspecified atom stereocenters.